The highest BCUT2D eigenvalue weighted by Crippen LogP contribution is 2.34. The lowest BCUT2D eigenvalue weighted by atomic mass is 10.2. The van der Waals surface area contributed by atoms with Crippen molar-refractivity contribution < 1.29 is 14.3 Å². The van der Waals surface area contributed by atoms with Crippen molar-refractivity contribution in [2.24, 2.45) is 0 Å². The molecule has 1 aliphatic carbocycles. The molecular formula is C14H28N2O3. The maximum Gasteiger partial charge on any atom is 0.219 e. The Balaban J connectivity index is 2.21. The molecule has 1 rings (SSSR count). The molecule has 0 heterocycles. The van der Waals surface area contributed by atoms with Crippen LogP contribution in [0.15, 0.2) is 0 Å². The summed E-state index contributed by atoms with van der Waals surface area (Å²) in [5, 5.41) is 6.06. The molecule has 0 aromatic heterocycles. The molecule has 0 aromatic carbocycles. The number of nitrogens with one attached hydrogen (secondary N) is 2. The van der Waals surface area contributed by atoms with E-state index in [1.165, 1.54) is 0 Å². The number of carbonyl (C=O) groups excluding carboxylic acids is 1. The van der Waals surface area contributed by atoms with E-state index in [9.17, 15) is 4.79 Å². The monoisotopic (exact) mass is 272 g/mol. The van der Waals surface area contributed by atoms with Crippen LogP contribution in [0.2, 0.25) is 0 Å². The van der Waals surface area contributed by atoms with Crippen LogP contribution in [0.4, 0.5) is 0 Å². The van der Waals surface area contributed by atoms with Gasteiger partial charge in [0.25, 0.3) is 0 Å². The van der Waals surface area contributed by atoms with Gasteiger partial charge in [-0.15, -0.1) is 0 Å². The molecule has 0 unspecified atom stereocenters. The number of ether oxygens (including phenoxy) is 2. The van der Waals surface area contributed by atoms with Crippen LogP contribution >= 0.6 is 0 Å². The molecule has 0 aliphatic heterocycles. The summed E-state index contributed by atoms with van der Waals surface area (Å²) in [4.78, 5) is 11.1. The third kappa shape index (κ3) is 6.36. The molecule has 0 aromatic rings. The van der Waals surface area contributed by atoms with Gasteiger partial charge < -0.3 is 20.1 Å². The van der Waals surface area contributed by atoms with Crippen molar-refractivity contribution in [1.29, 1.82) is 0 Å². The van der Waals surface area contributed by atoms with E-state index in [4.69, 9.17) is 9.47 Å². The Kier molecular flexibility index (Phi) is 8.02. The highest BCUT2D eigenvalue weighted by atomic mass is 16.7. The molecule has 0 atom stereocenters. The van der Waals surface area contributed by atoms with Gasteiger partial charge in [-0.3, -0.25) is 4.79 Å². The fourth-order valence-corrected chi connectivity index (χ4v) is 2.28. The van der Waals surface area contributed by atoms with E-state index in [1.807, 2.05) is 6.92 Å². The van der Waals surface area contributed by atoms with E-state index in [1.54, 1.807) is 0 Å². The van der Waals surface area contributed by atoms with Gasteiger partial charge in [0, 0.05) is 32.4 Å². The SMILES string of the molecule is CCNCCOC1(OCCNC(=O)CC)CCCC1. The number of amides is 1. The summed E-state index contributed by atoms with van der Waals surface area (Å²) >= 11 is 0. The van der Waals surface area contributed by atoms with E-state index in [0.717, 1.165) is 38.8 Å². The van der Waals surface area contributed by atoms with Gasteiger partial charge in [-0.2, -0.15) is 0 Å². The van der Waals surface area contributed by atoms with E-state index < -0.39 is 5.79 Å². The van der Waals surface area contributed by atoms with E-state index in [-0.39, 0.29) is 5.91 Å². The number of hydrogen-bond donors (Lipinski definition) is 2. The zero-order valence-electron chi connectivity index (χ0n) is 12.3. The van der Waals surface area contributed by atoms with Gasteiger partial charge in [0.2, 0.25) is 5.91 Å². The van der Waals surface area contributed by atoms with Crippen LogP contribution in [0.3, 0.4) is 0 Å². The highest BCUT2D eigenvalue weighted by molar-refractivity contribution is 5.75. The summed E-state index contributed by atoms with van der Waals surface area (Å²) in [6, 6.07) is 0. The number of rotatable bonds is 10. The maximum absolute atomic E-state index is 11.1. The molecule has 1 aliphatic rings. The topological polar surface area (TPSA) is 59.6 Å². The Bertz CT molecular complexity index is 253. The van der Waals surface area contributed by atoms with Gasteiger partial charge in [-0.05, 0) is 19.4 Å². The third-order valence-electron chi connectivity index (χ3n) is 3.37. The minimum atomic E-state index is -0.410. The predicted molar refractivity (Wildman–Crippen MR) is 74.9 cm³/mol. The average Bonchev–Trinajstić information content (AvgIpc) is 2.89. The Morgan fingerprint density at radius 3 is 2.32 bits per heavy atom. The first-order valence-electron chi connectivity index (χ1n) is 7.48. The minimum Gasteiger partial charge on any atom is -0.354 e. The Morgan fingerprint density at radius 2 is 1.74 bits per heavy atom. The molecule has 1 saturated carbocycles. The van der Waals surface area contributed by atoms with Gasteiger partial charge in [-0.1, -0.05) is 13.8 Å². The number of carbonyl (C=O) groups is 1. The van der Waals surface area contributed by atoms with Crippen LogP contribution < -0.4 is 10.6 Å². The second kappa shape index (κ2) is 9.28. The molecule has 5 heteroatoms. The predicted octanol–water partition coefficient (Wildman–Crippen LogP) is 1.43. The Morgan fingerprint density at radius 1 is 1.11 bits per heavy atom. The maximum atomic E-state index is 11.1. The molecule has 19 heavy (non-hydrogen) atoms. The zero-order chi connectivity index (χ0) is 14.0. The van der Waals surface area contributed by atoms with Crippen LogP contribution in [0, 0.1) is 0 Å². The summed E-state index contributed by atoms with van der Waals surface area (Å²) in [7, 11) is 0. The first-order chi connectivity index (χ1) is 9.22. The molecule has 1 fully saturated rings. The van der Waals surface area contributed by atoms with Crippen molar-refractivity contribution in [1.82, 2.24) is 10.6 Å². The molecule has 0 bridgehead atoms. The lowest BCUT2D eigenvalue weighted by molar-refractivity contribution is -0.230. The number of likely N-dealkylation sites (N-methyl/N-ethyl adjacent to an activating group) is 1. The molecule has 2 N–H and O–H groups in total. The first kappa shape index (κ1) is 16.4. The van der Waals surface area contributed by atoms with Gasteiger partial charge in [-0.25, -0.2) is 0 Å². The molecule has 1 amide bonds. The highest BCUT2D eigenvalue weighted by Gasteiger charge is 2.35. The lowest BCUT2D eigenvalue weighted by Crippen LogP contribution is -2.38. The summed E-state index contributed by atoms with van der Waals surface area (Å²) < 4.78 is 11.8. The Hall–Kier alpha value is -0.650. The normalized spacial score (nSPS) is 17.6. The summed E-state index contributed by atoms with van der Waals surface area (Å²) in [6.45, 7) is 7.50. The van der Waals surface area contributed by atoms with E-state index >= 15 is 0 Å². The fourth-order valence-electron chi connectivity index (χ4n) is 2.28. The molecule has 0 saturated heterocycles. The van der Waals surface area contributed by atoms with Gasteiger partial charge >= 0.3 is 0 Å². The third-order valence-corrected chi connectivity index (χ3v) is 3.37. The largest absolute Gasteiger partial charge is 0.354 e. The standard InChI is InChI=1S/C14H28N2O3/c1-3-13(17)16-10-12-19-14(7-5-6-8-14)18-11-9-15-4-2/h15H,3-12H2,1-2H3,(H,16,17). The quantitative estimate of drug-likeness (QED) is 0.466. The Labute approximate surface area is 116 Å². The molecule has 112 valence electrons. The molecule has 0 radical (unpaired) electrons. The summed E-state index contributed by atoms with van der Waals surface area (Å²) in [6.07, 6.45) is 4.75. The molecule has 5 nitrogen and oxygen atoms in total. The van der Waals surface area contributed by atoms with Crippen molar-refractivity contribution in [2.45, 2.75) is 51.7 Å². The second-order valence-electron chi connectivity index (χ2n) is 4.87. The lowest BCUT2D eigenvalue weighted by Gasteiger charge is -2.29. The van der Waals surface area contributed by atoms with Gasteiger partial charge in [0.15, 0.2) is 5.79 Å². The van der Waals surface area contributed by atoms with Crippen molar-refractivity contribution >= 4 is 5.91 Å². The van der Waals surface area contributed by atoms with Crippen molar-refractivity contribution in [3.8, 4) is 0 Å². The van der Waals surface area contributed by atoms with Crippen LogP contribution in [-0.4, -0.2) is 44.5 Å². The van der Waals surface area contributed by atoms with Crippen LogP contribution in [-0.2, 0) is 14.3 Å². The van der Waals surface area contributed by atoms with Crippen LogP contribution in [0.25, 0.3) is 0 Å². The molecular weight excluding hydrogens is 244 g/mol. The van der Waals surface area contributed by atoms with Crippen LogP contribution in [0.5, 0.6) is 0 Å². The second-order valence-corrected chi connectivity index (χ2v) is 4.87. The minimum absolute atomic E-state index is 0.0668. The van der Waals surface area contributed by atoms with Crippen molar-refractivity contribution in [3.05, 3.63) is 0 Å². The zero-order valence-corrected chi connectivity index (χ0v) is 12.3. The van der Waals surface area contributed by atoms with Crippen molar-refractivity contribution in [3.63, 3.8) is 0 Å². The smallest absolute Gasteiger partial charge is 0.219 e. The van der Waals surface area contributed by atoms with Gasteiger partial charge in [0.05, 0.1) is 13.2 Å². The van der Waals surface area contributed by atoms with Gasteiger partial charge in [0.1, 0.15) is 0 Å². The fraction of sp³-hybridized carbons (Fsp3) is 0.929. The molecule has 0 spiro atoms. The first-order valence-corrected chi connectivity index (χ1v) is 7.48. The summed E-state index contributed by atoms with van der Waals surface area (Å²) in [5.41, 5.74) is 0. The van der Waals surface area contributed by atoms with Crippen LogP contribution in [0.1, 0.15) is 46.0 Å². The van der Waals surface area contributed by atoms with Crippen molar-refractivity contribution in [2.75, 3.05) is 32.8 Å². The summed E-state index contributed by atoms with van der Waals surface area (Å²) in [5.74, 6) is -0.344. The van der Waals surface area contributed by atoms with E-state index in [0.29, 0.717) is 26.2 Å². The van der Waals surface area contributed by atoms with E-state index in [2.05, 4.69) is 17.6 Å². The number of hydrogen-bond acceptors (Lipinski definition) is 4. The average molecular weight is 272 g/mol.